The molecule has 0 radical (unpaired) electrons. The molecule has 0 bridgehead atoms. The van der Waals surface area contributed by atoms with E-state index < -0.39 is 0 Å². The van der Waals surface area contributed by atoms with E-state index in [1.54, 1.807) is 11.8 Å². The predicted molar refractivity (Wildman–Crippen MR) is 88.8 cm³/mol. The zero-order chi connectivity index (χ0) is 14.2. The highest BCUT2D eigenvalue weighted by atomic mass is 32.2. The fourth-order valence-corrected chi connectivity index (χ4v) is 3.67. The summed E-state index contributed by atoms with van der Waals surface area (Å²) in [6.07, 6.45) is 0. The number of thioether (sulfide) groups is 1. The fraction of sp³-hybridized carbons (Fsp3) is 0.118. The highest BCUT2D eigenvalue weighted by Crippen LogP contribution is 2.37. The zero-order valence-electron chi connectivity index (χ0n) is 11.4. The Morgan fingerprint density at radius 3 is 2.52 bits per heavy atom. The van der Waals surface area contributed by atoms with Gasteiger partial charge in [-0.15, -0.1) is 11.8 Å². The Morgan fingerprint density at radius 2 is 1.76 bits per heavy atom. The first-order chi connectivity index (χ1) is 10.4. The van der Waals surface area contributed by atoms with Gasteiger partial charge < -0.3 is 5.11 Å². The van der Waals surface area contributed by atoms with E-state index in [-0.39, 0.29) is 5.88 Å². The Labute approximate surface area is 126 Å². The van der Waals surface area contributed by atoms with Crippen LogP contribution in [0.4, 0.5) is 0 Å². The van der Waals surface area contributed by atoms with E-state index in [4.69, 9.17) is 0 Å². The second-order valence-corrected chi connectivity index (χ2v) is 6.01. The molecule has 1 aliphatic rings. The number of aliphatic imine (C=N–C) groups is 1. The van der Waals surface area contributed by atoms with Gasteiger partial charge in [-0.25, -0.2) is 0 Å². The minimum absolute atomic E-state index is 0.274. The average molecular weight is 294 g/mol. The maximum absolute atomic E-state index is 10.8. The molecule has 1 N–H and O–H groups in total. The molecule has 1 aromatic heterocycles. The molecular formula is C17H14N2OS. The lowest BCUT2D eigenvalue weighted by Gasteiger charge is -2.07. The van der Waals surface area contributed by atoms with Crippen molar-refractivity contribution in [3.05, 3.63) is 60.2 Å². The summed E-state index contributed by atoms with van der Waals surface area (Å²) in [6.45, 7) is 0.824. The van der Waals surface area contributed by atoms with Gasteiger partial charge in [-0.3, -0.25) is 9.56 Å². The van der Waals surface area contributed by atoms with Crippen molar-refractivity contribution in [1.29, 1.82) is 0 Å². The molecule has 3 nitrogen and oxygen atoms in total. The SMILES string of the molecule is Oc1c(C2=NCCS2)c2ccccc2n1-c1ccccc1. The standard InChI is InChI=1S/C17H14N2OS/c20-17-15(16-18-10-11-21-16)13-8-4-5-9-14(13)19(17)12-6-2-1-3-7-12/h1-9,20H,10-11H2. The van der Waals surface area contributed by atoms with E-state index in [1.165, 1.54) is 0 Å². The summed E-state index contributed by atoms with van der Waals surface area (Å²) in [5.41, 5.74) is 2.82. The molecule has 3 aromatic rings. The van der Waals surface area contributed by atoms with Crippen LogP contribution in [0.25, 0.3) is 16.6 Å². The van der Waals surface area contributed by atoms with Crippen molar-refractivity contribution in [2.24, 2.45) is 4.99 Å². The third kappa shape index (κ3) is 1.94. The Balaban J connectivity index is 2.06. The van der Waals surface area contributed by atoms with Crippen molar-refractivity contribution in [2.75, 3.05) is 12.3 Å². The van der Waals surface area contributed by atoms with Crippen LogP contribution in [-0.2, 0) is 0 Å². The number of hydrogen-bond acceptors (Lipinski definition) is 3. The summed E-state index contributed by atoms with van der Waals surface area (Å²) >= 11 is 1.71. The summed E-state index contributed by atoms with van der Waals surface area (Å²) in [5, 5.41) is 12.8. The summed E-state index contributed by atoms with van der Waals surface area (Å²) in [4.78, 5) is 4.53. The monoisotopic (exact) mass is 294 g/mol. The molecule has 1 aliphatic heterocycles. The molecule has 0 atom stereocenters. The summed E-state index contributed by atoms with van der Waals surface area (Å²) < 4.78 is 1.89. The number of para-hydroxylation sites is 2. The maximum atomic E-state index is 10.8. The van der Waals surface area contributed by atoms with Crippen molar-refractivity contribution >= 4 is 27.7 Å². The van der Waals surface area contributed by atoms with E-state index in [2.05, 4.69) is 4.99 Å². The van der Waals surface area contributed by atoms with Gasteiger partial charge in [-0.05, 0) is 18.2 Å². The summed E-state index contributed by atoms with van der Waals surface area (Å²) in [6, 6.07) is 18.0. The van der Waals surface area contributed by atoms with Crippen molar-refractivity contribution in [2.45, 2.75) is 0 Å². The van der Waals surface area contributed by atoms with E-state index in [0.717, 1.165) is 39.5 Å². The topological polar surface area (TPSA) is 37.5 Å². The third-order valence-corrected chi connectivity index (χ3v) is 4.66. The molecule has 0 amide bonds. The van der Waals surface area contributed by atoms with Crippen LogP contribution < -0.4 is 0 Å². The number of nitrogens with zero attached hydrogens (tertiary/aromatic N) is 2. The van der Waals surface area contributed by atoms with Crippen LogP contribution in [0, 0.1) is 0 Å². The summed E-state index contributed by atoms with van der Waals surface area (Å²) in [7, 11) is 0. The number of aromatic nitrogens is 1. The minimum atomic E-state index is 0.274. The molecule has 0 fully saturated rings. The lowest BCUT2D eigenvalue weighted by Crippen LogP contribution is -1.94. The first kappa shape index (κ1) is 12.5. The van der Waals surface area contributed by atoms with Gasteiger partial charge in [0.1, 0.15) is 5.04 Å². The number of aromatic hydroxyl groups is 1. The van der Waals surface area contributed by atoms with Crippen LogP contribution in [0.2, 0.25) is 0 Å². The van der Waals surface area contributed by atoms with E-state index >= 15 is 0 Å². The van der Waals surface area contributed by atoms with Gasteiger partial charge in [0, 0.05) is 23.4 Å². The Kier molecular flexibility index (Phi) is 2.97. The lowest BCUT2D eigenvalue weighted by atomic mass is 10.2. The van der Waals surface area contributed by atoms with Gasteiger partial charge in [-0.1, -0.05) is 36.4 Å². The van der Waals surface area contributed by atoms with Gasteiger partial charge in [0.2, 0.25) is 5.88 Å². The van der Waals surface area contributed by atoms with Crippen molar-refractivity contribution < 1.29 is 5.11 Å². The number of benzene rings is 2. The molecule has 0 aliphatic carbocycles. The molecule has 2 aromatic carbocycles. The zero-order valence-corrected chi connectivity index (χ0v) is 12.2. The van der Waals surface area contributed by atoms with Crippen LogP contribution >= 0.6 is 11.8 Å². The molecule has 0 saturated carbocycles. The molecule has 0 saturated heterocycles. The molecular weight excluding hydrogens is 280 g/mol. The average Bonchev–Trinajstić information content (AvgIpc) is 3.13. The molecule has 104 valence electrons. The van der Waals surface area contributed by atoms with Gasteiger partial charge >= 0.3 is 0 Å². The fourth-order valence-electron chi connectivity index (χ4n) is 2.76. The first-order valence-electron chi connectivity index (χ1n) is 6.92. The maximum Gasteiger partial charge on any atom is 0.207 e. The number of fused-ring (bicyclic) bond motifs is 1. The Hall–Kier alpha value is -2.20. The highest BCUT2D eigenvalue weighted by Gasteiger charge is 2.23. The second kappa shape index (κ2) is 4.97. The van der Waals surface area contributed by atoms with Crippen LogP contribution in [-0.4, -0.2) is 27.0 Å². The Morgan fingerprint density at radius 1 is 1.00 bits per heavy atom. The molecule has 0 spiro atoms. The van der Waals surface area contributed by atoms with Crippen LogP contribution in [0.5, 0.6) is 5.88 Å². The van der Waals surface area contributed by atoms with Gasteiger partial charge in [0.25, 0.3) is 0 Å². The van der Waals surface area contributed by atoms with Gasteiger partial charge in [0.15, 0.2) is 0 Å². The number of rotatable bonds is 2. The predicted octanol–water partition coefficient (Wildman–Crippen LogP) is 3.83. The lowest BCUT2D eigenvalue weighted by molar-refractivity contribution is 0.444. The largest absolute Gasteiger partial charge is 0.494 e. The summed E-state index contributed by atoms with van der Waals surface area (Å²) in [5.74, 6) is 1.26. The first-order valence-corrected chi connectivity index (χ1v) is 7.90. The second-order valence-electron chi connectivity index (χ2n) is 4.92. The van der Waals surface area contributed by atoms with E-state index in [9.17, 15) is 5.11 Å². The van der Waals surface area contributed by atoms with Crippen LogP contribution in [0.3, 0.4) is 0 Å². The van der Waals surface area contributed by atoms with Gasteiger partial charge in [0.05, 0.1) is 11.1 Å². The molecule has 4 heteroatoms. The molecule has 21 heavy (non-hydrogen) atoms. The van der Waals surface area contributed by atoms with E-state index in [1.807, 2.05) is 59.2 Å². The molecule has 4 rings (SSSR count). The van der Waals surface area contributed by atoms with Crippen LogP contribution in [0.15, 0.2) is 59.6 Å². The normalized spacial score (nSPS) is 14.6. The minimum Gasteiger partial charge on any atom is -0.494 e. The third-order valence-electron chi connectivity index (χ3n) is 3.66. The van der Waals surface area contributed by atoms with Crippen molar-refractivity contribution in [3.63, 3.8) is 0 Å². The number of hydrogen-bond donors (Lipinski definition) is 1. The van der Waals surface area contributed by atoms with E-state index in [0.29, 0.717) is 0 Å². The quantitative estimate of drug-likeness (QED) is 0.780. The van der Waals surface area contributed by atoms with Crippen LogP contribution in [0.1, 0.15) is 5.56 Å². The Bertz CT molecular complexity index is 837. The van der Waals surface area contributed by atoms with Crippen molar-refractivity contribution in [3.8, 4) is 11.6 Å². The van der Waals surface area contributed by atoms with Crippen molar-refractivity contribution in [1.82, 2.24) is 4.57 Å². The molecule has 0 unspecified atom stereocenters. The highest BCUT2D eigenvalue weighted by molar-refractivity contribution is 8.14. The smallest absolute Gasteiger partial charge is 0.207 e. The molecule has 2 heterocycles. The van der Waals surface area contributed by atoms with Gasteiger partial charge in [-0.2, -0.15) is 0 Å².